The van der Waals surface area contributed by atoms with E-state index < -0.39 is 31.1 Å². The van der Waals surface area contributed by atoms with Crippen molar-refractivity contribution in [2.24, 2.45) is 5.10 Å². The zero-order valence-corrected chi connectivity index (χ0v) is 19.6. The number of hydrogen-bond acceptors (Lipinski definition) is 10. The number of nitrogens with one attached hydrogen (secondary N) is 1. The number of aliphatic hydroxyl groups excluding tert-OH is 3. The quantitative estimate of drug-likeness (QED) is 0.180. The Hall–Kier alpha value is -2.54. The topological polar surface area (TPSA) is 141 Å². The van der Waals surface area contributed by atoms with Gasteiger partial charge in [-0.15, -0.1) is 23.2 Å². The lowest BCUT2D eigenvalue weighted by atomic mass is 10.1. The molecule has 34 heavy (non-hydrogen) atoms. The van der Waals surface area contributed by atoms with Crippen LogP contribution in [0, 0.1) is 0 Å². The summed E-state index contributed by atoms with van der Waals surface area (Å²) in [5.74, 6) is 1.44. The van der Waals surface area contributed by atoms with E-state index in [-0.39, 0.29) is 0 Å². The zero-order valence-electron chi connectivity index (χ0n) is 18.1. The lowest BCUT2D eigenvalue weighted by molar-refractivity contribution is -0.0566. The number of anilines is 2. The third-order valence-electron chi connectivity index (χ3n) is 5.50. The predicted molar refractivity (Wildman–Crippen MR) is 130 cm³/mol. The summed E-state index contributed by atoms with van der Waals surface area (Å²) < 4.78 is 6.89. The molecule has 2 aromatic heterocycles. The first kappa shape index (κ1) is 24.6. The fourth-order valence-corrected chi connectivity index (χ4v) is 4.14. The minimum Gasteiger partial charge on any atom is -0.394 e. The van der Waals surface area contributed by atoms with Gasteiger partial charge in [-0.05, 0) is 17.7 Å². The maximum atomic E-state index is 10.3. The van der Waals surface area contributed by atoms with Gasteiger partial charge < -0.3 is 25.0 Å². The predicted octanol–water partition coefficient (Wildman–Crippen LogP) is 1.17. The molecular formula is C21H25Cl2N7O4. The summed E-state index contributed by atoms with van der Waals surface area (Å²) >= 11 is 11.8. The number of fused-ring (bicyclic) bond motifs is 1. The van der Waals surface area contributed by atoms with Crippen LogP contribution in [-0.2, 0) is 4.74 Å². The van der Waals surface area contributed by atoms with E-state index >= 15 is 0 Å². The molecule has 0 bridgehead atoms. The van der Waals surface area contributed by atoms with Crippen molar-refractivity contribution in [2.75, 3.05) is 41.8 Å². The Labute approximate surface area is 205 Å². The summed E-state index contributed by atoms with van der Waals surface area (Å²) in [5, 5.41) is 38.7. The van der Waals surface area contributed by atoms with Crippen LogP contribution in [0.15, 0.2) is 41.9 Å². The van der Waals surface area contributed by atoms with Crippen molar-refractivity contribution in [2.45, 2.75) is 24.5 Å². The van der Waals surface area contributed by atoms with E-state index in [4.69, 9.17) is 27.9 Å². The average molecular weight is 510 g/mol. The third kappa shape index (κ3) is 5.09. The van der Waals surface area contributed by atoms with Crippen molar-refractivity contribution >= 4 is 52.0 Å². The first-order chi connectivity index (χ1) is 16.6. The Balaban J connectivity index is 1.47. The number of alkyl halides is 2. The van der Waals surface area contributed by atoms with Crippen LogP contribution < -0.4 is 10.3 Å². The van der Waals surface area contributed by atoms with Crippen LogP contribution in [0.2, 0.25) is 0 Å². The van der Waals surface area contributed by atoms with Crippen LogP contribution in [0.1, 0.15) is 11.8 Å². The van der Waals surface area contributed by atoms with Gasteiger partial charge in [-0.2, -0.15) is 10.2 Å². The Morgan fingerprint density at radius 3 is 2.50 bits per heavy atom. The van der Waals surface area contributed by atoms with E-state index in [1.54, 1.807) is 6.21 Å². The molecule has 4 atom stereocenters. The lowest BCUT2D eigenvalue weighted by Crippen LogP contribution is -2.33. The van der Waals surface area contributed by atoms with Gasteiger partial charge in [0.15, 0.2) is 17.7 Å². The number of hydrazone groups is 1. The number of hydrogen-bond donors (Lipinski definition) is 4. The number of benzene rings is 1. The second kappa shape index (κ2) is 11.3. The van der Waals surface area contributed by atoms with E-state index in [2.05, 4.69) is 30.5 Å². The van der Waals surface area contributed by atoms with Crippen molar-refractivity contribution in [3.8, 4) is 0 Å². The minimum atomic E-state index is -1.27. The molecule has 3 aromatic rings. The largest absolute Gasteiger partial charge is 0.394 e. The zero-order chi connectivity index (χ0) is 24.1. The van der Waals surface area contributed by atoms with Gasteiger partial charge in [0.05, 0.1) is 24.4 Å². The van der Waals surface area contributed by atoms with Gasteiger partial charge >= 0.3 is 0 Å². The van der Waals surface area contributed by atoms with Crippen LogP contribution in [-0.4, -0.2) is 91.1 Å². The van der Waals surface area contributed by atoms with Crippen molar-refractivity contribution in [1.82, 2.24) is 19.7 Å². The highest BCUT2D eigenvalue weighted by atomic mass is 35.5. The molecule has 0 radical (unpaired) electrons. The molecule has 0 saturated carbocycles. The molecule has 0 amide bonds. The van der Waals surface area contributed by atoms with Gasteiger partial charge in [-0.3, -0.25) is 5.43 Å². The Morgan fingerprint density at radius 1 is 1.12 bits per heavy atom. The van der Waals surface area contributed by atoms with Gasteiger partial charge in [-0.25, -0.2) is 14.6 Å². The van der Waals surface area contributed by atoms with Crippen molar-refractivity contribution in [3.05, 3.63) is 42.4 Å². The third-order valence-corrected chi connectivity index (χ3v) is 5.84. The van der Waals surface area contributed by atoms with Crippen LogP contribution >= 0.6 is 23.2 Å². The van der Waals surface area contributed by atoms with E-state index in [9.17, 15) is 15.3 Å². The van der Waals surface area contributed by atoms with Gasteiger partial charge in [0.25, 0.3) is 0 Å². The van der Waals surface area contributed by atoms with Crippen LogP contribution in [0.4, 0.5) is 11.5 Å². The molecule has 182 valence electrons. The molecule has 1 aliphatic heterocycles. The Morgan fingerprint density at radius 2 is 1.85 bits per heavy atom. The standard InChI is InChI=1S/C21H25Cl2N7O4/c22-5-7-29(8-6-23)14-3-1-13(2-4-14)9-26-28-19-15-10-27-30(20(15)25-12-24-19)21-18(33)17(32)16(11-31)34-21/h1-4,9-10,12,16-18,21,31-33H,5-8,11H2,(H,24,25,28). The molecule has 0 spiro atoms. The molecule has 1 fully saturated rings. The summed E-state index contributed by atoms with van der Waals surface area (Å²) in [4.78, 5) is 10.5. The number of aliphatic hydroxyl groups is 3. The minimum absolute atomic E-state index is 0.380. The Bertz CT molecular complexity index is 1110. The van der Waals surface area contributed by atoms with E-state index in [1.807, 2.05) is 24.3 Å². The van der Waals surface area contributed by atoms with Gasteiger partial charge in [-0.1, -0.05) is 12.1 Å². The lowest BCUT2D eigenvalue weighted by Gasteiger charge is -2.22. The van der Waals surface area contributed by atoms with Crippen LogP contribution in [0.25, 0.3) is 11.0 Å². The maximum Gasteiger partial charge on any atom is 0.181 e. The van der Waals surface area contributed by atoms with Crippen LogP contribution in [0.5, 0.6) is 0 Å². The summed E-state index contributed by atoms with van der Waals surface area (Å²) in [6.07, 6.45) is 0.0921. The normalized spacial score (nSPS) is 22.6. The fourth-order valence-electron chi connectivity index (χ4n) is 3.73. The maximum absolute atomic E-state index is 10.3. The Kier molecular flexibility index (Phi) is 8.14. The van der Waals surface area contributed by atoms with Gasteiger partial charge in [0.1, 0.15) is 24.6 Å². The molecule has 13 heteroatoms. The molecule has 4 unspecified atom stereocenters. The van der Waals surface area contributed by atoms with E-state index in [0.29, 0.717) is 41.7 Å². The number of ether oxygens (including phenoxy) is 1. The second-order valence-electron chi connectivity index (χ2n) is 7.60. The highest BCUT2D eigenvalue weighted by Gasteiger charge is 2.44. The van der Waals surface area contributed by atoms with Gasteiger partial charge in [0.2, 0.25) is 0 Å². The number of rotatable bonds is 10. The van der Waals surface area contributed by atoms with Crippen molar-refractivity contribution in [1.29, 1.82) is 0 Å². The molecule has 4 N–H and O–H groups in total. The monoisotopic (exact) mass is 509 g/mol. The second-order valence-corrected chi connectivity index (χ2v) is 8.36. The number of nitrogens with zero attached hydrogens (tertiary/aromatic N) is 6. The molecule has 1 aromatic carbocycles. The molecular weight excluding hydrogens is 485 g/mol. The smallest absolute Gasteiger partial charge is 0.181 e. The van der Waals surface area contributed by atoms with Gasteiger partial charge in [0, 0.05) is 30.5 Å². The molecule has 1 saturated heterocycles. The highest BCUT2D eigenvalue weighted by molar-refractivity contribution is 6.18. The highest BCUT2D eigenvalue weighted by Crippen LogP contribution is 2.31. The number of aromatic nitrogens is 4. The fraction of sp³-hybridized carbons (Fsp3) is 0.429. The summed E-state index contributed by atoms with van der Waals surface area (Å²) in [7, 11) is 0. The SMILES string of the molecule is OCC1OC(n2ncc3c(NN=Cc4ccc(N(CCCl)CCCl)cc4)ncnc32)C(O)C1O. The molecule has 4 rings (SSSR count). The van der Waals surface area contributed by atoms with E-state index in [0.717, 1.165) is 11.3 Å². The summed E-state index contributed by atoms with van der Waals surface area (Å²) in [6, 6.07) is 7.83. The first-order valence-corrected chi connectivity index (χ1v) is 11.7. The first-order valence-electron chi connectivity index (χ1n) is 10.6. The molecule has 3 heterocycles. The van der Waals surface area contributed by atoms with Crippen molar-refractivity contribution in [3.63, 3.8) is 0 Å². The summed E-state index contributed by atoms with van der Waals surface area (Å²) in [6.45, 7) is 0.995. The van der Waals surface area contributed by atoms with E-state index in [1.165, 1.54) is 17.2 Å². The molecule has 0 aliphatic carbocycles. The molecule has 1 aliphatic rings. The molecule has 11 nitrogen and oxygen atoms in total. The number of halogens is 2. The average Bonchev–Trinajstić information content (AvgIpc) is 3.40. The van der Waals surface area contributed by atoms with Crippen LogP contribution in [0.3, 0.4) is 0 Å². The summed E-state index contributed by atoms with van der Waals surface area (Å²) in [5.41, 5.74) is 5.17. The van der Waals surface area contributed by atoms with Crippen molar-refractivity contribution < 1.29 is 20.1 Å².